The lowest BCUT2D eigenvalue weighted by molar-refractivity contribution is 0.232. The molecule has 0 rings (SSSR count). The highest BCUT2D eigenvalue weighted by molar-refractivity contribution is 7.61. The van der Waals surface area contributed by atoms with Crippen LogP contribution < -0.4 is 5.09 Å². The summed E-state index contributed by atoms with van der Waals surface area (Å²) in [6.07, 6.45) is -0.185. The van der Waals surface area contributed by atoms with Gasteiger partial charge < -0.3 is 4.52 Å². The van der Waals surface area contributed by atoms with Crippen LogP contribution in [-0.2, 0) is 9.09 Å². The van der Waals surface area contributed by atoms with E-state index in [1.807, 2.05) is 20.8 Å². The van der Waals surface area contributed by atoms with Crippen LogP contribution in [-0.4, -0.2) is 16.2 Å². The highest BCUT2D eigenvalue weighted by atomic mass is 35.5. The number of rotatable bonds is 4. The lowest BCUT2D eigenvalue weighted by Crippen LogP contribution is -2.35. The molecule has 14 heavy (non-hydrogen) atoms. The molecule has 0 aliphatic heterocycles. The van der Waals surface area contributed by atoms with Crippen LogP contribution >= 0.6 is 30.7 Å². The first-order chi connectivity index (χ1) is 6.07. The van der Waals surface area contributed by atoms with Gasteiger partial charge in [-0.2, -0.15) is 0 Å². The molecule has 0 unspecified atom stereocenters. The molecule has 0 aliphatic carbocycles. The second-order valence-electron chi connectivity index (χ2n) is 4.39. The molecule has 0 fully saturated rings. The zero-order valence-electron chi connectivity index (χ0n) is 9.17. The maximum atomic E-state index is 12.1. The largest absolute Gasteiger partial charge is 0.313 e. The third kappa shape index (κ3) is 5.57. The van der Waals surface area contributed by atoms with Gasteiger partial charge in [0.05, 0.1) is 6.10 Å². The molecule has 0 radical (unpaired) electrons. The van der Waals surface area contributed by atoms with Crippen molar-refractivity contribution in [2.24, 2.45) is 0 Å². The molecule has 0 saturated heterocycles. The highest BCUT2D eigenvalue weighted by Crippen LogP contribution is 2.54. The van der Waals surface area contributed by atoms with Crippen LogP contribution in [0.3, 0.4) is 0 Å². The smallest absolute Gasteiger partial charge is 0.302 e. The molecule has 0 aromatic rings. The molecule has 0 aromatic carbocycles. The van der Waals surface area contributed by atoms with Crippen molar-refractivity contribution in [1.82, 2.24) is 5.09 Å². The average molecular weight is 262 g/mol. The van der Waals surface area contributed by atoms with Crippen molar-refractivity contribution in [2.45, 2.75) is 50.8 Å². The van der Waals surface area contributed by atoms with Crippen LogP contribution in [0.15, 0.2) is 0 Å². The molecule has 86 valence electrons. The Bertz CT molecular complexity index is 226. The second kappa shape index (κ2) is 5.18. The fourth-order valence-electron chi connectivity index (χ4n) is 0.902. The Morgan fingerprint density at radius 2 is 1.71 bits per heavy atom. The number of hydrogen-bond donors (Lipinski definition) is 1. The molecule has 6 heteroatoms. The summed E-state index contributed by atoms with van der Waals surface area (Å²) in [5.74, 6) is 0. The minimum atomic E-state index is -3.19. The summed E-state index contributed by atoms with van der Waals surface area (Å²) in [6.45, 7) is 9.19. The average Bonchev–Trinajstić information content (AvgIpc) is 1.79. The summed E-state index contributed by atoms with van der Waals surface area (Å²) in [7, 11) is -3.19. The fraction of sp³-hybridized carbons (Fsp3) is 1.00. The molecule has 0 amide bonds. The fourth-order valence-corrected chi connectivity index (χ4v) is 3.27. The van der Waals surface area contributed by atoms with Gasteiger partial charge in [0, 0.05) is 5.54 Å². The SMILES string of the molecule is CC(C)O[P@](=O)(NC(C)(C)C)C(Cl)Cl. The Labute approximate surface area is 96.0 Å². The van der Waals surface area contributed by atoms with Gasteiger partial charge in [0.15, 0.2) is 4.58 Å². The first-order valence-corrected chi connectivity index (χ1v) is 6.99. The van der Waals surface area contributed by atoms with Crippen molar-refractivity contribution < 1.29 is 9.09 Å². The van der Waals surface area contributed by atoms with Crippen LogP contribution in [0, 0.1) is 0 Å². The van der Waals surface area contributed by atoms with Gasteiger partial charge in [-0.1, -0.05) is 23.2 Å². The van der Waals surface area contributed by atoms with Crippen LogP contribution in [0.5, 0.6) is 0 Å². The van der Waals surface area contributed by atoms with E-state index in [-0.39, 0.29) is 11.6 Å². The summed E-state index contributed by atoms with van der Waals surface area (Å²) in [5.41, 5.74) is -0.355. The second-order valence-corrected chi connectivity index (χ2v) is 8.24. The minimum absolute atomic E-state index is 0.185. The third-order valence-electron chi connectivity index (χ3n) is 1.12. The van der Waals surface area contributed by atoms with Gasteiger partial charge in [0.25, 0.3) is 0 Å². The minimum Gasteiger partial charge on any atom is -0.313 e. The first-order valence-electron chi connectivity index (χ1n) is 4.42. The summed E-state index contributed by atoms with van der Waals surface area (Å²) in [6, 6.07) is 0. The van der Waals surface area contributed by atoms with Crippen molar-refractivity contribution in [3.05, 3.63) is 0 Å². The van der Waals surface area contributed by atoms with E-state index in [2.05, 4.69) is 5.09 Å². The molecular weight excluding hydrogens is 244 g/mol. The molecular formula is C8H18Cl2NO2P. The van der Waals surface area contributed by atoms with Crippen molar-refractivity contribution in [3.8, 4) is 0 Å². The maximum Gasteiger partial charge on any atom is 0.302 e. The van der Waals surface area contributed by atoms with E-state index in [4.69, 9.17) is 27.7 Å². The van der Waals surface area contributed by atoms with Gasteiger partial charge in [-0.15, -0.1) is 0 Å². The molecule has 3 nitrogen and oxygen atoms in total. The van der Waals surface area contributed by atoms with Gasteiger partial charge in [-0.25, -0.2) is 5.09 Å². The van der Waals surface area contributed by atoms with E-state index in [9.17, 15) is 4.57 Å². The number of alkyl halides is 2. The lowest BCUT2D eigenvalue weighted by atomic mass is 10.1. The molecule has 0 bridgehead atoms. The van der Waals surface area contributed by atoms with Crippen LogP contribution in [0.25, 0.3) is 0 Å². The summed E-state index contributed by atoms with van der Waals surface area (Å²) >= 11 is 11.3. The first kappa shape index (κ1) is 14.7. The predicted octanol–water partition coefficient (Wildman–Crippen LogP) is 3.75. The number of nitrogens with one attached hydrogen (secondary N) is 1. The molecule has 0 saturated carbocycles. The summed E-state index contributed by atoms with van der Waals surface area (Å²) in [5, 5.41) is 2.83. The summed E-state index contributed by atoms with van der Waals surface area (Å²) < 4.78 is 16.3. The van der Waals surface area contributed by atoms with E-state index in [1.165, 1.54) is 0 Å². The number of halogens is 2. The van der Waals surface area contributed by atoms with Crippen molar-refractivity contribution in [2.75, 3.05) is 0 Å². The molecule has 1 N–H and O–H groups in total. The Hall–Kier alpha value is 0.730. The van der Waals surface area contributed by atoms with Crippen molar-refractivity contribution in [1.29, 1.82) is 0 Å². The molecule has 0 aliphatic rings. The van der Waals surface area contributed by atoms with E-state index < -0.39 is 12.1 Å². The molecule has 0 aromatic heterocycles. The van der Waals surface area contributed by atoms with Gasteiger partial charge in [-0.05, 0) is 34.6 Å². The van der Waals surface area contributed by atoms with Crippen LogP contribution in [0.4, 0.5) is 0 Å². The molecule has 0 spiro atoms. The van der Waals surface area contributed by atoms with Crippen molar-refractivity contribution >= 4 is 30.7 Å². The van der Waals surface area contributed by atoms with Crippen molar-refractivity contribution in [3.63, 3.8) is 0 Å². The van der Waals surface area contributed by atoms with Crippen LogP contribution in [0.1, 0.15) is 34.6 Å². The van der Waals surface area contributed by atoms with E-state index in [0.29, 0.717) is 0 Å². The van der Waals surface area contributed by atoms with E-state index in [1.54, 1.807) is 13.8 Å². The highest BCUT2D eigenvalue weighted by Gasteiger charge is 2.36. The molecule has 0 heterocycles. The normalized spacial score (nSPS) is 17.5. The molecule has 1 atom stereocenters. The standard InChI is InChI=1S/C8H18Cl2NO2P/c1-6(2)13-14(12,7(9)10)11-8(3,4)5/h6-7H,1-5H3,(H,11,12)/t14-/m0/s1. The predicted molar refractivity (Wildman–Crippen MR) is 62.2 cm³/mol. The van der Waals surface area contributed by atoms with Gasteiger partial charge >= 0.3 is 7.52 Å². The van der Waals surface area contributed by atoms with E-state index >= 15 is 0 Å². The van der Waals surface area contributed by atoms with Gasteiger partial charge in [0.1, 0.15) is 0 Å². The van der Waals surface area contributed by atoms with Gasteiger partial charge in [0.2, 0.25) is 0 Å². The van der Waals surface area contributed by atoms with E-state index in [0.717, 1.165) is 0 Å². The van der Waals surface area contributed by atoms with Gasteiger partial charge in [-0.3, -0.25) is 4.57 Å². The lowest BCUT2D eigenvalue weighted by Gasteiger charge is -2.30. The Morgan fingerprint density at radius 3 is 1.93 bits per heavy atom. The zero-order chi connectivity index (χ0) is 11.6. The topological polar surface area (TPSA) is 38.3 Å². The maximum absolute atomic E-state index is 12.1. The third-order valence-corrected chi connectivity index (χ3v) is 4.89. The Morgan fingerprint density at radius 1 is 1.29 bits per heavy atom. The summed E-state index contributed by atoms with van der Waals surface area (Å²) in [4.78, 5) is 0. The Kier molecular flexibility index (Phi) is 5.45. The zero-order valence-corrected chi connectivity index (χ0v) is 11.6. The Balaban J connectivity index is 4.66. The monoisotopic (exact) mass is 261 g/mol. The van der Waals surface area contributed by atoms with Crippen LogP contribution in [0.2, 0.25) is 0 Å². The number of hydrogen-bond acceptors (Lipinski definition) is 2. The quantitative estimate of drug-likeness (QED) is 0.619.